The van der Waals surface area contributed by atoms with Gasteiger partial charge in [-0.1, -0.05) is 32.4 Å². The largest absolute Gasteiger partial charge is 0.367 e. The monoisotopic (exact) mass is 374 g/mol. The first-order chi connectivity index (χ1) is 9.89. The first-order valence-corrected chi connectivity index (χ1v) is 8.94. The van der Waals surface area contributed by atoms with Gasteiger partial charge in [0.2, 0.25) is 0 Å². The fourth-order valence-corrected chi connectivity index (χ4v) is 3.77. The number of ether oxygens (including phenoxy) is 1. The normalized spacial score (nSPS) is 26.3. The summed E-state index contributed by atoms with van der Waals surface area (Å²) >= 11 is 9.83. The van der Waals surface area contributed by atoms with Crippen molar-refractivity contribution in [3.8, 4) is 0 Å². The van der Waals surface area contributed by atoms with Crippen LogP contribution in [0.4, 0.5) is 0 Å². The molecule has 0 N–H and O–H groups in total. The van der Waals surface area contributed by atoms with Crippen LogP contribution in [0, 0.1) is 5.92 Å². The molecule has 3 nitrogen and oxygen atoms in total. The van der Waals surface area contributed by atoms with Crippen LogP contribution >= 0.6 is 27.5 Å². The molecule has 118 valence electrons. The Kier molecular flexibility index (Phi) is 5.66. The second-order valence-electron chi connectivity index (χ2n) is 6.30. The van der Waals surface area contributed by atoms with Crippen LogP contribution in [-0.4, -0.2) is 16.6 Å². The molecule has 0 aliphatic heterocycles. The van der Waals surface area contributed by atoms with Crippen molar-refractivity contribution in [2.45, 2.75) is 64.9 Å². The predicted molar refractivity (Wildman–Crippen MR) is 89.8 cm³/mol. The zero-order chi connectivity index (χ0) is 15.6. The molecule has 1 aliphatic rings. The average molecular weight is 376 g/mol. The summed E-state index contributed by atoms with van der Waals surface area (Å²) in [4.78, 5) is 9.34. The van der Waals surface area contributed by atoms with Gasteiger partial charge in [-0.05, 0) is 60.4 Å². The zero-order valence-corrected chi connectivity index (χ0v) is 15.6. The van der Waals surface area contributed by atoms with Crippen molar-refractivity contribution in [1.82, 2.24) is 9.97 Å². The van der Waals surface area contributed by atoms with Gasteiger partial charge in [-0.2, -0.15) is 0 Å². The van der Waals surface area contributed by atoms with Gasteiger partial charge < -0.3 is 4.74 Å². The van der Waals surface area contributed by atoms with E-state index in [0.717, 1.165) is 47.6 Å². The van der Waals surface area contributed by atoms with Crippen molar-refractivity contribution in [3.63, 3.8) is 0 Å². The maximum atomic E-state index is 6.32. The van der Waals surface area contributed by atoms with E-state index in [4.69, 9.17) is 21.3 Å². The van der Waals surface area contributed by atoms with Crippen LogP contribution < -0.4 is 0 Å². The highest BCUT2D eigenvalue weighted by Gasteiger charge is 2.40. The van der Waals surface area contributed by atoms with Crippen LogP contribution in [0.15, 0.2) is 4.47 Å². The van der Waals surface area contributed by atoms with E-state index in [-0.39, 0.29) is 5.60 Å². The van der Waals surface area contributed by atoms with Crippen LogP contribution in [0.5, 0.6) is 0 Å². The Morgan fingerprint density at radius 2 is 1.95 bits per heavy atom. The lowest BCUT2D eigenvalue weighted by Crippen LogP contribution is -2.36. The molecule has 1 heterocycles. The second-order valence-corrected chi connectivity index (χ2v) is 7.45. The van der Waals surface area contributed by atoms with Gasteiger partial charge in [0.05, 0.1) is 10.2 Å². The van der Waals surface area contributed by atoms with E-state index in [9.17, 15) is 0 Å². The summed E-state index contributed by atoms with van der Waals surface area (Å²) in [5.41, 5.74) is 0.595. The van der Waals surface area contributed by atoms with Crippen LogP contribution in [-0.2, 0) is 10.3 Å². The lowest BCUT2D eigenvalue weighted by atomic mass is 9.78. The van der Waals surface area contributed by atoms with Crippen LogP contribution in [0.3, 0.4) is 0 Å². The van der Waals surface area contributed by atoms with Gasteiger partial charge in [-0.15, -0.1) is 0 Å². The molecule has 0 unspecified atom stereocenters. The number of hydrogen-bond acceptors (Lipinski definition) is 3. The number of nitrogens with zero attached hydrogens (tertiary/aromatic N) is 2. The number of aromatic nitrogens is 2. The molecule has 5 heteroatoms. The molecule has 0 spiro atoms. The maximum Gasteiger partial charge on any atom is 0.162 e. The van der Waals surface area contributed by atoms with E-state index in [1.165, 1.54) is 0 Å². The molecule has 1 aliphatic carbocycles. The van der Waals surface area contributed by atoms with E-state index >= 15 is 0 Å². The van der Waals surface area contributed by atoms with Crippen molar-refractivity contribution >= 4 is 27.5 Å². The first kappa shape index (κ1) is 17.2. The number of halogens is 2. The first-order valence-electron chi connectivity index (χ1n) is 7.77. The SMILES string of the molecule is CCOC1(c2nc(Cl)c(Br)c(C(C)C)n2)CCC(C)CC1. The van der Waals surface area contributed by atoms with Crippen molar-refractivity contribution < 1.29 is 4.74 Å². The molecule has 0 bridgehead atoms. The third-order valence-electron chi connectivity index (χ3n) is 4.29. The van der Waals surface area contributed by atoms with E-state index in [2.05, 4.69) is 41.7 Å². The smallest absolute Gasteiger partial charge is 0.162 e. The molecule has 0 aromatic carbocycles. The third-order valence-corrected chi connectivity index (χ3v) is 5.58. The summed E-state index contributed by atoms with van der Waals surface area (Å²) < 4.78 is 6.94. The molecule has 1 aromatic heterocycles. The van der Waals surface area contributed by atoms with Gasteiger partial charge >= 0.3 is 0 Å². The van der Waals surface area contributed by atoms with Crippen LogP contribution in [0.1, 0.15) is 70.8 Å². The highest BCUT2D eigenvalue weighted by atomic mass is 79.9. The molecule has 1 aromatic rings. The van der Waals surface area contributed by atoms with Crippen molar-refractivity contribution in [2.75, 3.05) is 6.61 Å². The standard InChI is InChI=1S/C16H24BrClN2O/c1-5-21-16(8-6-11(4)7-9-16)15-19-13(10(2)3)12(17)14(18)20-15/h10-11H,5-9H2,1-4H3. The molecule has 2 rings (SSSR count). The van der Waals surface area contributed by atoms with Gasteiger partial charge in [-0.25, -0.2) is 9.97 Å². The molecule has 1 saturated carbocycles. The summed E-state index contributed by atoms with van der Waals surface area (Å²) in [6.07, 6.45) is 4.23. The van der Waals surface area contributed by atoms with Gasteiger partial charge in [0.1, 0.15) is 10.8 Å². The fourth-order valence-electron chi connectivity index (χ4n) is 2.96. The Morgan fingerprint density at radius 3 is 2.48 bits per heavy atom. The Balaban J connectivity index is 2.46. The lowest BCUT2D eigenvalue weighted by molar-refractivity contribution is -0.0838. The number of hydrogen-bond donors (Lipinski definition) is 0. The van der Waals surface area contributed by atoms with Gasteiger partial charge in [0, 0.05) is 6.61 Å². The second kappa shape index (κ2) is 6.93. The van der Waals surface area contributed by atoms with E-state index < -0.39 is 0 Å². The minimum Gasteiger partial charge on any atom is -0.367 e. The Hall–Kier alpha value is -0.190. The molecule has 0 saturated heterocycles. The average Bonchev–Trinajstić information content (AvgIpc) is 2.44. The fraction of sp³-hybridized carbons (Fsp3) is 0.750. The summed E-state index contributed by atoms with van der Waals surface area (Å²) in [7, 11) is 0. The molecular weight excluding hydrogens is 352 g/mol. The molecule has 1 fully saturated rings. The Labute approximate surface area is 141 Å². The minimum atomic E-state index is -0.366. The summed E-state index contributed by atoms with van der Waals surface area (Å²) in [5, 5.41) is 0.487. The molecular formula is C16H24BrClN2O. The highest BCUT2D eigenvalue weighted by molar-refractivity contribution is 9.10. The van der Waals surface area contributed by atoms with Crippen LogP contribution in [0.2, 0.25) is 5.15 Å². The summed E-state index contributed by atoms with van der Waals surface area (Å²) in [5.74, 6) is 1.79. The Morgan fingerprint density at radius 1 is 1.33 bits per heavy atom. The molecule has 0 atom stereocenters. The van der Waals surface area contributed by atoms with Gasteiger partial charge in [-0.3, -0.25) is 0 Å². The Bertz CT molecular complexity index is 499. The van der Waals surface area contributed by atoms with E-state index in [1.807, 2.05) is 6.92 Å². The van der Waals surface area contributed by atoms with Crippen molar-refractivity contribution in [1.29, 1.82) is 0 Å². The molecule has 21 heavy (non-hydrogen) atoms. The number of rotatable bonds is 4. The highest BCUT2D eigenvalue weighted by Crippen LogP contribution is 2.42. The summed E-state index contributed by atoms with van der Waals surface area (Å²) in [6.45, 7) is 9.23. The van der Waals surface area contributed by atoms with Crippen molar-refractivity contribution in [2.24, 2.45) is 5.92 Å². The van der Waals surface area contributed by atoms with Crippen molar-refractivity contribution in [3.05, 3.63) is 21.1 Å². The van der Waals surface area contributed by atoms with E-state index in [0.29, 0.717) is 17.7 Å². The molecule has 0 amide bonds. The maximum absolute atomic E-state index is 6.32. The minimum absolute atomic E-state index is 0.291. The van der Waals surface area contributed by atoms with Crippen LogP contribution in [0.25, 0.3) is 0 Å². The van der Waals surface area contributed by atoms with E-state index in [1.54, 1.807) is 0 Å². The summed E-state index contributed by atoms with van der Waals surface area (Å²) in [6, 6.07) is 0. The topological polar surface area (TPSA) is 35.0 Å². The predicted octanol–water partition coefficient (Wildman–Crippen LogP) is 5.46. The zero-order valence-electron chi connectivity index (χ0n) is 13.2. The third kappa shape index (κ3) is 3.59. The van der Waals surface area contributed by atoms with Gasteiger partial charge in [0.25, 0.3) is 0 Å². The van der Waals surface area contributed by atoms with Gasteiger partial charge in [0.15, 0.2) is 5.82 Å². The quantitative estimate of drug-likeness (QED) is 0.656. The lowest BCUT2D eigenvalue weighted by Gasteiger charge is -2.38. The molecule has 0 radical (unpaired) electrons.